The third-order valence-corrected chi connectivity index (χ3v) is 5.18. The number of guanidine groups is 1. The molecular formula is C21H34IN5S. The van der Waals surface area contributed by atoms with Crippen molar-refractivity contribution in [3.05, 3.63) is 51.5 Å². The van der Waals surface area contributed by atoms with Gasteiger partial charge in [0, 0.05) is 18.5 Å². The van der Waals surface area contributed by atoms with Crippen LogP contribution in [-0.2, 0) is 19.6 Å². The van der Waals surface area contributed by atoms with Crippen molar-refractivity contribution in [3.63, 3.8) is 0 Å². The van der Waals surface area contributed by atoms with Crippen LogP contribution in [0.1, 0.15) is 55.4 Å². The Balaban J connectivity index is 0.00000392. The number of nitrogens with one attached hydrogen (secondary N) is 2. The maximum Gasteiger partial charge on any atom is 0.191 e. The van der Waals surface area contributed by atoms with Crippen LogP contribution in [-0.4, -0.2) is 36.0 Å². The van der Waals surface area contributed by atoms with Gasteiger partial charge in [0.05, 0.1) is 18.8 Å². The van der Waals surface area contributed by atoms with E-state index in [9.17, 15) is 0 Å². The van der Waals surface area contributed by atoms with Gasteiger partial charge in [0.1, 0.15) is 5.01 Å². The van der Waals surface area contributed by atoms with Crippen molar-refractivity contribution in [2.24, 2.45) is 4.99 Å². The van der Waals surface area contributed by atoms with Gasteiger partial charge in [-0.25, -0.2) is 9.98 Å². The van der Waals surface area contributed by atoms with Crippen molar-refractivity contribution in [1.29, 1.82) is 0 Å². The number of benzene rings is 1. The minimum absolute atomic E-state index is 0. The van der Waals surface area contributed by atoms with Crippen LogP contribution >= 0.6 is 35.3 Å². The van der Waals surface area contributed by atoms with E-state index in [1.54, 1.807) is 11.3 Å². The predicted molar refractivity (Wildman–Crippen MR) is 132 cm³/mol. The first-order valence-corrected chi connectivity index (χ1v) is 10.6. The SMILES string of the molecule is CCNC(=NCc1cccc(CN(C)CC)c1)NCc1nc(C(C)C)cs1.I. The topological polar surface area (TPSA) is 52.6 Å². The van der Waals surface area contributed by atoms with Gasteiger partial charge < -0.3 is 15.5 Å². The number of halogens is 1. The first-order valence-electron chi connectivity index (χ1n) is 9.74. The van der Waals surface area contributed by atoms with E-state index in [0.29, 0.717) is 19.0 Å². The molecule has 2 rings (SSSR count). The third-order valence-electron chi connectivity index (χ3n) is 4.32. The molecule has 1 aromatic carbocycles. The Morgan fingerprint density at radius 1 is 1.21 bits per heavy atom. The van der Waals surface area contributed by atoms with E-state index in [4.69, 9.17) is 4.99 Å². The van der Waals surface area contributed by atoms with E-state index in [2.05, 4.69) is 84.9 Å². The molecule has 1 heterocycles. The minimum atomic E-state index is 0. The summed E-state index contributed by atoms with van der Waals surface area (Å²) in [5.74, 6) is 1.30. The lowest BCUT2D eigenvalue weighted by Crippen LogP contribution is -2.36. The summed E-state index contributed by atoms with van der Waals surface area (Å²) in [6.45, 7) is 12.8. The second-order valence-corrected chi connectivity index (χ2v) is 7.96. The van der Waals surface area contributed by atoms with Crippen LogP contribution in [0.25, 0.3) is 0 Å². The van der Waals surface area contributed by atoms with Crippen LogP contribution in [0.15, 0.2) is 34.6 Å². The highest BCUT2D eigenvalue weighted by Gasteiger charge is 2.06. The molecule has 5 nitrogen and oxygen atoms in total. The number of rotatable bonds is 9. The number of thiazole rings is 1. The first kappa shape index (κ1) is 24.8. The lowest BCUT2D eigenvalue weighted by Gasteiger charge is -2.14. The molecular weight excluding hydrogens is 481 g/mol. The fraction of sp³-hybridized carbons (Fsp3) is 0.524. The van der Waals surface area contributed by atoms with E-state index in [1.807, 2.05) is 0 Å². The summed E-state index contributed by atoms with van der Waals surface area (Å²) in [6.07, 6.45) is 0. The van der Waals surface area contributed by atoms with Gasteiger partial charge in [-0.1, -0.05) is 45.0 Å². The molecule has 2 aromatic rings. The molecule has 0 unspecified atom stereocenters. The summed E-state index contributed by atoms with van der Waals surface area (Å²) in [4.78, 5) is 11.7. The number of aliphatic imine (C=N–C) groups is 1. The number of hydrogen-bond donors (Lipinski definition) is 2. The molecule has 1 aromatic heterocycles. The molecule has 156 valence electrons. The molecule has 0 saturated carbocycles. The molecule has 2 N–H and O–H groups in total. The molecule has 0 fully saturated rings. The van der Waals surface area contributed by atoms with Crippen molar-refractivity contribution in [1.82, 2.24) is 20.5 Å². The van der Waals surface area contributed by atoms with Crippen LogP contribution in [0.2, 0.25) is 0 Å². The normalized spacial score (nSPS) is 11.6. The highest BCUT2D eigenvalue weighted by molar-refractivity contribution is 14.0. The highest BCUT2D eigenvalue weighted by atomic mass is 127. The van der Waals surface area contributed by atoms with E-state index in [0.717, 1.165) is 36.3 Å². The zero-order valence-corrected chi connectivity index (χ0v) is 20.8. The Kier molecular flexibility index (Phi) is 11.6. The zero-order valence-electron chi connectivity index (χ0n) is 17.7. The molecule has 0 amide bonds. The van der Waals surface area contributed by atoms with Crippen molar-refractivity contribution in [2.45, 2.75) is 53.2 Å². The van der Waals surface area contributed by atoms with Gasteiger partial charge in [-0.2, -0.15) is 0 Å². The molecule has 0 radical (unpaired) electrons. The summed E-state index contributed by atoms with van der Waals surface area (Å²) in [7, 11) is 2.14. The predicted octanol–water partition coefficient (Wildman–Crippen LogP) is 4.59. The van der Waals surface area contributed by atoms with E-state index in [-0.39, 0.29) is 24.0 Å². The average Bonchev–Trinajstić information content (AvgIpc) is 3.13. The van der Waals surface area contributed by atoms with Crippen LogP contribution in [0.3, 0.4) is 0 Å². The minimum Gasteiger partial charge on any atom is -0.357 e. The number of hydrogen-bond acceptors (Lipinski definition) is 4. The van der Waals surface area contributed by atoms with Crippen molar-refractivity contribution in [3.8, 4) is 0 Å². The van der Waals surface area contributed by atoms with Gasteiger partial charge in [0.25, 0.3) is 0 Å². The Morgan fingerprint density at radius 3 is 2.61 bits per heavy atom. The van der Waals surface area contributed by atoms with Crippen molar-refractivity contribution in [2.75, 3.05) is 20.1 Å². The van der Waals surface area contributed by atoms with Gasteiger partial charge >= 0.3 is 0 Å². The Hall–Kier alpha value is -1.19. The number of aromatic nitrogens is 1. The van der Waals surface area contributed by atoms with E-state index in [1.165, 1.54) is 11.1 Å². The summed E-state index contributed by atoms with van der Waals surface area (Å²) >= 11 is 1.70. The molecule has 0 spiro atoms. The Morgan fingerprint density at radius 2 is 1.96 bits per heavy atom. The maximum atomic E-state index is 4.74. The monoisotopic (exact) mass is 515 g/mol. The third kappa shape index (κ3) is 8.45. The summed E-state index contributed by atoms with van der Waals surface area (Å²) < 4.78 is 0. The van der Waals surface area contributed by atoms with Gasteiger partial charge in [-0.3, -0.25) is 0 Å². The smallest absolute Gasteiger partial charge is 0.191 e. The molecule has 0 aliphatic heterocycles. The van der Waals surface area contributed by atoms with Crippen LogP contribution in [0, 0.1) is 0 Å². The maximum absolute atomic E-state index is 4.74. The fourth-order valence-corrected chi connectivity index (χ4v) is 3.49. The number of nitrogens with zero attached hydrogens (tertiary/aromatic N) is 3. The van der Waals surface area contributed by atoms with Crippen molar-refractivity contribution >= 4 is 41.3 Å². The highest BCUT2D eigenvalue weighted by Crippen LogP contribution is 2.17. The van der Waals surface area contributed by atoms with Gasteiger partial charge in [0.15, 0.2) is 5.96 Å². The molecule has 0 atom stereocenters. The van der Waals surface area contributed by atoms with E-state index >= 15 is 0 Å². The molecule has 0 aliphatic carbocycles. The molecule has 0 saturated heterocycles. The van der Waals surface area contributed by atoms with E-state index < -0.39 is 0 Å². The summed E-state index contributed by atoms with van der Waals surface area (Å²) in [5, 5.41) is 9.95. The second kappa shape index (κ2) is 13.1. The zero-order chi connectivity index (χ0) is 19.6. The Bertz CT molecular complexity index is 729. The van der Waals surface area contributed by atoms with Gasteiger partial charge in [-0.05, 0) is 37.6 Å². The summed E-state index contributed by atoms with van der Waals surface area (Å²) in [5.41, 5.74) is 3.71. The standard InChI is InChI=1S/C21H33N5S.HI/c1-6-22-21(24-13-20-25-19(15-27-20)16(3)4)23-12-17-9-8-10-18(11-17)14-26(5)7-2;/h8-11,15-16H,6-7,12-14H2,1-5H3,(H2,22,23,24);1H. The molecule has 0 bridgehead atoms. The molecule has 7 heteroatoms. The lowest BCUT2D eigenvalue weighted by molar-refractivity contribution is 0.345. The molecule has 0 aliphatic rings. The fourth-order valence-electron chi connectivity index (χ4n) is 2.59. The van der Waals surface area contributed by atoms with Gasteiger partial charge in [0.2, 0.25) is 0 Å². The molecule has 28 heavy (non-hydrogen) atoms. The second-order valence-electron chi connectivity index (χ2n) is 7.02. The van der Waals surface area contributed by atoms with Crippen LogP contribution in [0.4, 0.5) is 0 Å². The quantitative estimate of drug-likeness (QED) is 0.292. The summed E-state index contributed by atoms with van der Waals surface area (Å²) in [6, 6.07) is 8.68. The van der Waals surface area contributed by atoms with Gasteiger partial charge in [-0.15, -0.1) is 35.3 Å². The Labute approximate surface area is 191 Å². The largest absolute Gasteiger partial charge is 0.357 e. The van der Waals surface area contributed by atoms with Crippen LogP contribution < -0.4 is 10.6 Å². The van der Waals surface area contributed by atoms with Crippen LogP contribution in [0.5, 0.6) is 0 Å². The lowest BCUT2D eigenvalue weighted by atomic mass is 10.1. The first-order chi connectivity index (χ1) is 13.0. The van der Waals surface area contributed by atoms with Crippen molar-refractivity contribution < 1.29 is 0 Å². The average molecular weight is 516 g/mol.